The van der Waals surface area contributed by atoms with Crippen LogP contribution in [0.5, 0.6) is 0 Å². The highest BCUT2D eigenvalue weighted by atomic mass is 32.2. The van der Waals surface area contributed by atoms with E-state index in [1.54, 1.807) is 0 Å². The van der Waals surface area contributed by atoms with Crippen LogP contribution in [0.4, 0.5) is 5.69 Å². The van der Waals surface area contributed by atoms with Crippen molar-refractivity contribution in [2.45, 2.75) is 59.9 Å². The molecule has 1 heterocycles. The first-order valence-electron chi connectivity index (χ1n) is 8.88. The van der Waals surface area contributed by atoms with Crippen LogP contribution in [0, 0.1) is 0 Å². The van der Waals surface area contributed by atoms with Crippen molar-refractivity contribution in [1.82, 2.24) is 14.8 Å². The zero-order valence-electron chi connectivity index (χ0n) is 14.8. The van der Waals surface area contributed by atoms with Crippen LogP contribution < -0.4 is 10.5 Å². The average Bonchev–Trinajstić information content (AvgIpc) is 3.53. The van der Waals surface area contributed by atoms with Gasteiger partial charge in [-0.3, -0.25) is 4.79 Å². The van der Waals surface area contributed by atoms with Crippen LogP contribution in [0.25, 0.3) is 0 Å². The Morgan fingerprint density at radius 3 is 2.44 bits per heavy atom. The third-order valence-electron chi connectivity index (χ3n) is 4.65. The second-order valence-electron chi connectivity index (χ2n) is 7.03. The van der Waals surface area contributed by atoms with Gasteiger partial charge >= 0.3 is 0 Å². The number of nitrogens with one attached hydrogen (secondary N) is 1. The van der Waals surface area contributed by atoms with Gasteiger partial charge in [-0.1, -0.05) is 11.8 Å². The minimum absolute atomic E-state index is 0.00747. The molecule has 0 spiro atoms. The van der Waals surface area contributed by atoms with E-state index in [2.05, 4.69) is 20.1 Å². The Labute approximate surface area is 162 Å². The Bertz CT molecular complexity index is 963. The van der Waals surface area contributed by atoms with Crippen LogP contribution >= 0.6 is 11.8 Å². The number of primary sulfonamides is 1. The van der Waals surface area contributed by atoms with Gasteiger partial charge in [0.1, 0.15) is 5.82 Å². The smallest absolute Gasteiger partial charge is 0.238 e. The van der Waals surface area contributed by atoms with Crippen molar-refractivity contribution in [2.24, 2.45) is 5.14 Å². The summed E-state index contributed by atoms with van der Waals surface area (Å²) in [5.74, 6) is 1.40. The molecule has 2 aliphatic carbocycles. The minimum Gasteiger partial charge on any atom is -0.325 e. The van der Waals surface area contributed by atoms with Gasteiger partial charge in [-0.15, -0.1) is 10.2 Å². The molecular weight excluding hydrogens is 386 g/mol. The lowest BCUT2D eigenvalue weighted by atomic mass is 10.3. The first-order valence-corrected chi connectivity index (χ1v) is 11.3. The van der Waals surface area contributed by atoms with Crippen molar-refractivity contribution in [3.05, 3.63) is 30.1 Å². The molecule has 0 radical (unpaired) electrons. The van der Waals surface area contributed by atoms with Crippen LogP contribution in [0.1, 0.15) is 50.4 Å². The molecule has 2 aromatic rings. The highest BCUT2D eigenvalue weighted by Crippen LogP contribution is 2.46. The summed E-state index contributed by atoms with van der Waals surface area (Å²) in [4.78, 5) is 12.5. The van der Waals surface area contributed by atoms with Crippen LogP contribution in [0.2, 0.25) is 0 Å². The van der Waals surface area contributed by atoms with Gasteiger partial charge in [-0.25, -0.2) is 13.6 Å². The highest BCUT2D eigenvalue weighted by Gasteiger charge is 2.37. The van der Waals surface area contributed by atoms with Gasteiger partial charge in [0, 0.05) is 17.6 Å². The van der Waals surface area contributed by atoms with E-state index < -0.39 is 10.0 Å². The maximum absolute atomic E-state index is 12.5. The normalized spacial score (nSPS) is 18.3. The van der Waals surface area contributed by atoms with Crippen molar-refractivity contribution in [3.63, 3.8) is 0 Å². The minimum atomic E-state index is -3.75. The van der Waals surface area contributed by atoms with Gasteiger partial charge < -0.3 is 9.88 Å². The molecule has 0 bridgehead atoms. The molecule has 144 valence electrons. The lowest BCUT2D eigenvalue weighted by Crippen LogP contribution is -2.23. The molecule has 0 unspecified atom stereocenters. The molecule has 1 aromatic heterocycles. The summed E-state index contributed by atoms with van der Waals surface area (Å²) in [6.45, 7) is 1.82. The van der Waals surface area contributed by atoms with E-state index in [-0.39, 0.29) is 16.1 Å². The number of sulfonamides is 1. The summed E-state index contributed by atoms with van der Waals surface area (Å²) in [5, 5.41) is 17.0. The second-order valence-corrected chi connectivity index (χ2v) is 9.90. The molecule has 2 saturated carbocycles. The fourth-order valence-electron chi connectivity index (χ4n) is 2.85. The van der Waals surface area contributed by atoms with Gasteiger partial charge in [-0.2, -0.15) is 0 Å². The Morgan fingerprint density at radius 2 is 1.89 bits per heavy atom. The first kappa shape index (κ1) is 18.5. The van der Waals surface area contributed by atoms with Crippen LogP contribution in [-0.4, -0.2) is 34.3 Å². The van der Waals surface area contributed by atoms with Gasteiger partial charge in [0.2, 0.25) is 15.9 Å². The molecule has 2 fully saturated rings. The Balaban J connectivity index is 1.43. The van der Waals surface area contributed by atoms with Gasteiger partial charge in [0.15, 0.2) is 5.16 Å². The van der Waals surface area contributed by atoms with Crippen molar-refractivity contribution >= 4 is 33.4 Å². The van der Waals surface area contributed by atoms with Gasteiger partial charge in [0.05, 0.1) is 10.1 Å². The average molecular weight is 408 g/mol. The summed E-state index contributed by atoms with van der Waals surface area (Å²) in [6.07, 6.45) is 4.62. The number of nitrogens with zero attached hydrogens (tertiary/aromatic N) is 3. The predicted octanol–water partition coefficient (Wildman–Crippen LogP) is 2.26. The van der Waals surface area contributed by atoms with Crippen LogP contribution in [0.3, 0.4) is 0 Å². The van der Waals surface area contributed by atoms with E-state index in [9.17, 15) is 13.2 Å². The predicted molar refractivity (Wildman–Crippen MR) is 102 cm³/mol. The Hall–Kier alpha value is -1.91. The molecule has 8 nitrogen and oxygen atoms in total. The zero-order valence-corrected chi connectivity index (χ0v) is 16.5. The third kappa shape index (κ3) is 4.17. The Morgan fingerprint density at radius 1 is 1.22 bits per heavy atom. The fraction of sp³-hybridized carbons (Fsp3) is 0.471. The number of anilines is 1. The number of aromatic nitrogens is 3. The number of carbonyl (C=O) groups excluding carboxylic acids is 1. The molecule has 10 heteroatoms. The second kappa shape index (κ2) is 6.92. The van der Waals surface area contributed by atoms with E-state index >= 15 is 0 Å². The molecule has 0 saturated heterocycles. The highest BCUT2D eigenvalue weighted by molar-refractivity contribution is 8.00. The van der Waals surface area contributed by atoms with Crippen molar-refractivity contribution in [3.8, 4) is 0 Å². The summed E-state index contributed by atoms with van der Waals surface area (Å²) >= 11 is 1.40. The maximum Gasteiger partial charge on any atom is 0.238 e. The SMILES string of the molecule is C[C@@H](Sc1nnc(C2CC2)n1C1CC1)C(=O)Nc1ccc(S(N)(=O)=O)cc1. The number of rotatable bonds is 7. The van der Waals surface area contributed by atoms with Crippen LogP contribution in [0.15, 0.2) is 34.3 Å². The number of benzene rings is 1. The zero-order chi connectivity index (χ0) is 19.2. The van der Waals surface area contributed by atoms with E-state index in [0.717, 1.165) is 23.8 Å². The van der Waals surface area contributed by atoms with E-state index in [0.29, 0.717) is 17.6 Å². The van der Waals surface area contributed by atoms with E-state index in [1.165, 1.54) is 48.9 Å². The molecule has 0 aliphatic heterocycles. The number of thioether (sulfide) groups is 1. The summed E-state index contributed by atoms with van der Waals surface area (Å²) in [5.41, 5.74) is 0.516. The number of hydrogen-bond acceptors (Lipinski definition) is 6. The van der Waals surface area contributed by atoms with Gasteiger partial charge in [-0.05, 0) is 56.9 Å². The number of carbonyl (C=O) groups is 1. The van der Waals surface area contributed by atoms with Gasteiger partial charge in [0.25, 0.3) is 0 Å². The largest absolute Gasteiger partial charge is 0.325 e. The van der Waals surface area contributed by atoms with E-state index in [4.69, 9.17) is 5.14 Å². The summed E-state index contributed by atoms with van der Waals surface area (Å²) < 4.78 is 24.8. The molecule has 2 aliphatic rings. The number of hydrogen-bond donors (Lipinski definition) is 2. The quantitative estimate of drug-likeness (QED) is 0.679. The van der Waals surface area contributed by atoms with Crippen molar-refractivity contribution < 1.29 is 13.2 Å². The summed E-state index contributed by atoms with van der Waals surface area (Å²) in [6, 6.07) is 6.25. The van der Waals surface area contributed by atoms with Crippen LogP contribution in [-0.2, 0) is 14.8 Å². The van der Waals surface area contributed by atoms with Crippen molar-refractivity contribution in [2.75, 3.05) is 5.32 Å². The standard InChI is InChI=1S/C17H21N5O3S2/c1-10(16(23)19-12-4-8-14(9-5-12)27(18,24)25)26-17-21-20-15(11-2-3-11)22(17)13-6-7-13/h4-5,8-11,13H,2-3,6-7H2,1H3,(H,19,23)(H2,18,24,25)/t10-/m1/s1. The molecule has 1 amide bonds. The molecule has 1 aromatic carbocycles. The molecule has 4 rings (SSSR count). The first-order chi connectivity index (χ1) is 12.8. The topological polar surface area (TPSA) is 120 Å². The molecule has 1 atom stereocenters. The summed E-state index contributed by atoms with van der Waals surface area (Å²) in [7, 11) is -3.75. The third-order valence-corrected chi connectivity index (χ3v) is 6.63. The number of amides is 1. The Kier molecular flexibility index (Phi) is 4.73. The van der Waals surface area contributed by atoms with E-state index in [1.807, 2.05) is 6.92 Å². The lowest BCUT2D eigenvalue weighted by molar-refractivity contribution is -0.115. The fourth-order valence-corrected chi connectivity index (χ4v) is 4.29. The monoisotopic (exact) mass is 407 g/mol. The van der Waals surface area contributed by atoms with Crippen molar-refractivity contribution in [1.29, 1.82) is 0 Å². The molecule has 3 N–H and O–H groups in total. The molecule has 27 heavy (non-hydrogen) atoms. The lowest BCUT2D eigenvalue weighted by Gasteiger charge is -2.13. The maximum atomic E-state index is 12.5. The number of nitrogens with two attached hydrogens (primary N) is 1. The molecular formula is C17H21N5O3S2.